The molecule has 4 rings (SSSR count). The molecule has 6 N–H and O–H groups in total. The van der Waals surface area contributed by atoms with Crippen LogP contribution >= 0.6 is 7.75 Å². The molecule has 3 aromatic rings. The third kappa shape index (κ3) is 5.86. The van der Waals surface area contributed by atoms with Crippen molar-refractivity contribution >= 4 is 36.6 Å². The van der Waals surface area contributed by atoms with Gasteiger partial charge in [-0.1, -0.05) is 24.1 Å². The molecule has 214 valence electrons. The molecule has 1 aliphatic rings. The fourth-order valence-electron chi connectivity index (χ4n) is 3.94. The Bertz CT molecular complexity index is 1470. The van der Waals surface area contributed by atoms with Gasteiger partial charge in [0.2, 0.25) is 11.6 Å². The summed E-state index contributed by atoms with van der Waals surface area (Å²) in [7, 11) is -4.34. The largest absolute Gasteiger partial charge is 0.462 e. The first-order chi connectivity index (χ1) is 18.9. The molecular formula is C24H29FN7O7P. The van der Waals surface area contributed by atoms with E-state index in [2.05, 4.69) is 20.0 Å². The Hall–Kier alpha value is -3.80. The molecule has 16 heteroatoms. The zero-order valence-electron chi connectivity index (χ0n) is 21.8. The van der Waals surface area contributed by atoms with Crippen LogP contribution in [0.3, 0.4) is 0 Å². The van der Waals surface area contributed by atoms with Crippen molar-refractivity contribution in [1.82, 2.24) is 24.6 Å². The number of halogens is 1. The molecule has 1 aliphatic heterocycles. The van der Waals surface area contributed by atoms with Gasteiger partial charge in [0.05, 0.1) is 19.0 Å². The van der Waals surface area contributed by atoms with Gasteiger partial charge in [0.15, 0.2) is 17.7 Å². The van der Waals surface area contributed by atoms with Gasteiger partial charge in [-0.2, -0.15) is 15.1 Å². The molecule has 0 unspecified atom stereocenters. The van der Waals surface area contributed by atoms with E-state index in [1.54, 1.807) is 32.0 Å². The number of hydrogen-bond acceptors (Lipinski definition) is 12. The maximum atomic E-state index is 16.0. The highest BCUT2D eigenvalue weighted by Crippen LogP contribution is 2.48. The van der Waals surface area contributed by atoms with Crippen molar-refractivity contribution in [3.8, 4) is 18.1 Å². The van der Waals surface area contributed by atoms with Crippen LogP contribution in [0.15, 0.2) is 36.7 Å². The third-order valence-electron chi connectivity index (χ3n) is 5.82. The van der Waals surface area contributed by atoms with Gasteiger partial charge in [0.25, 0.3) is 0 Å². The second kappa shape index (κ2) is 11.4. The van der Waals surface area contributed by atoms with Crippen LogP contribution in [0.25, 0.3) is 11.2 Å². The molecule has 3 heterocycles. The number of aromatic nitrogens is 4. The van der Waals surface area contributed by atoms with Gasteiger partial charge in [0, 0.05) is 0 Å². The van der Waals surface area contributed by atoms with E-state index in [9.17, 15) is 14.5 Å². The number of carbonyl (C=O) groups excluding carboxylic acids is 1. The fourth-order valence-corrected chi connectivity index (χ4v) is 5.45. The lowest BCUT2D eigenvalue weighted by Crippen LogP contribution is -2.42. The van der Waals surface area contributed by atoms with Crippen LogP contribution in [0, 0.1) is 12.3 Å². The number of ether oxygens (including phenoxy) is 2. The molecule has 14 nitrogen and oxygen atoms in total. The average Bonchev–Trinajstić information content (AvgIpc) is 3.42. The summed E-state index contributed by atoms with van der Waals surface area (Å²) < 4.78 is 52.9. The van der Waals surface area contributed by atoms with E-state index < -0.39 is 56.6 Å². The molecule has 0 aliphatic carbocycles. The Kier molecular flexibility index (Phi) is 8.29. The van der Waals surface area contributed by atoms with Gasteiger partial charge in [-0.3, -0.25) is 13.9 Å². The molecule has 0 saturated carbocycles. The summed E-state index contributed by atoms with van der Waals surface area (Å²) in [5.74, 6) is 1.10. The highest BCUT2D eigenvalue weighted by molar-refractivity contribution is 7.52. The molecule has 0 bridgehead atoms. The Morgan fingerprint density at radius 1 is 1.32 bits per heavy atom. The van der Waals surface area contributed by atoms with Crippen LogP contribution in [-0.4, -0.2) is 67.2 Å². The molecule has 1 fully saturated rings. The highest BCUT2D eigenvalue weighted by Gasteiger charge is 2.58. The van der Waals surface area contributed by atoms with E-state index in [0.717, 1.165) is 10.9 Å². The molecule has 40 heavy (non-hydrogen) atoms. The predicted molar refractivity (Wildman–Crippen MR) is 141 cm³/mol. The number of nitrogens with two attached hydrogens (primary N) is 2. The smallest absolute Gasteiger partial charge is 0.459 e. The van der Waals surface area contributed by atoms with Gasteiger partial charge >= 0.3 is 13.7 Å². The number of nitrogens with one attached hydrogen (secondary N) is 1. The SMILES string of the molecule is C#C[C@@]1(F)[C@H](O)[C@@H](CO[P@@](=O)(N[C@@H](C)C(=O)OC(C)C)Oc2ccccc2)O[C@H]1n1cnc2c(N)nc(N)nc21. The van der Waals surface area contributed by atoms with Crippen molar-refractivity contribution in [3.05, 3.63) is 36.7 Å². The number of nitrogens with zero attached hydrogens (tertiary/aromatic N) is 4. The zero-order chi connectivity index (χ0) is 29.2. The Morgan fingerprint density at radius 3 is 2.67 bits per heavy atom. The lowest BCUT2D eigenvalue weighted by Gasteiger charge is -2.25. The summed E-state index contributed by atoms with van der Waals surface area (Å²) in [4.78, 5) is 24.3. The monoisotopic (exact) mass is 577 g/mol. The van der Waals surface area contributed by atoms with E-state index in [1.165, 1.54) is 19.1 Å². The predicted octanol–water partition coefficient (Wildman–Crippen LogP) is 1.72. The number of fused-ring (bicyclic) bond motifs is 1. The number of aliphatic hydroxyl groups is 1. The van der Waals surface area contributed by atoms with Crippen LogP contribution < -0.4 is 21.1 Å². The van der Waals surface area contributed by atoms with Gasteiger partial charge < -0.3 is 30.6 Å². The minimum Gasteiger partial charge on any atom is -0.462 e. The van der Waals surface area contributed by atoms with E-state index in [4.69, 9.17) is 36.4 Å². The topological polar surface area (TPSA) is 199 Å². The molecule has 1 aromatic carbocycles. The lowest BCUT2D eigenvalue weighted by molar-refractivity contribution is -0.149. The summed E-state index contributed by atoms with van der Waals surface area (Å²) in [5.41, 5.74) is 8.83. The van der Waals surface area contributed by atoms with Crippen molar-refractivity contribution in [3.63, 3.8) is 0 Å². The number of carbonyl (C=O) groups is 1. The number of rotatable bonds is 10. The summed E-state index contributed by atoms with van der Waals surface area (Å²) in [6.45, 7) is 4.05. The molecule has 2 aromatic heterocycles. The van der Waals surface area contributed by atoms with Crippen molar-refractivity contribution in [2.75, 3.05) is 18.1 Å². The number of alkyl halides is 1. The van der Waals surface area contributed by atoms with Crippen molar-refractivity contribution in [1.29, 1.82) is 0 Å². The summed E-state index contributed by atoms with van der Waals surface area (Å²) >= 11 is 0. The first kappa shape index (κ1) is 29.2. The van der Waals surface area contributed by atoms with Crippen molar-refractivity contribution in [2.24, 2.45) is 0 Å². The van der Waals surface area contributed by atoms with E-state index >= 15 is 4.39 Å². The second-order valence-electron chi connectivity index (χ2n) is 9.21. The van der Waals surface area contributed by atoms with Gasteiger partial charge in [-0.25, -0.2) is 13.9 Å². The number of benzene rings is 1. The summed E-state index contributed by atoms with van der Waals surface area (Å²) in [5, 5.41) is 13.4. The van der Waals surface area contributed by atoms with Crippen LogP contribution in [0.5, 0.6) is 5.75 Å². The number of aliphatic hydroxyl groups excluding tert-OH is 1. The normalized spacial score (nSPS) is 24.9. The molecule has 0 amide bonds. The minimum atomic E-state index is -4.34. The zero-order valence-corrected chi connectivity index (χ0v) is 22.7. The van der Waals surface area contributed by atoms with Crippen LogP contribution in [-0.2, 0) is 23.4 Å². The summed E-state index contributed by atoms with van der Waals surface area (Å²) in [6, 6.07) is 6.88. The number of terminal acetylenes is 1. The number of nitrogen functional groups attached to an aromatic ring is 2. The van der Waals surface area contributed by atoms with E-state index in [-0.39, 0.29) is 28.7 Å². The maximum Gasteiger partial charge on any atom is 0.459 e. The maximum absolute atomic E-state index is 16.0. The van der Waals surface area contributed by atoms with E-state index in [0.29, 0.717) is 0 Å². The Labute approximate surface area is 228 Å². The first-order valence-corrected chi connectivity index (χ1v) is 13.6. The minimum absolute atomic E-state index is 0.0123. The second-order valence-corrected chi connectivity index (χ2v) is 10.9. The van der Waals surface area contributed by atoms with Gasteiger partial charge in [-0.15, -0.1) is 6.42 Å². The quantitative estimate of drug-likeness (QED) is 0.154. The van der Waals surface area contributed by atoms with Gasteiger partial charge in [0.1, 0.15) is 29.5 Å². The van der Waals surface area contributed by atoms with Crippen molar-refractivity contribution < 1.29 is 37.4 Å². The average molecular weight is 578 g/mol. The molecule has 0 radical (unpaired) electrons. The summed E-state index contributed by atoms with van der Waals surface area (Å²) in [6.07, 6.45) is 1.16. The van der Waals surface area contributed by atoms with Crippen LogP contribution in [0.2, 0.25) is 0 Å². The van der Waals surface area contributed by atoms with Gasteiger partial charge in [-0.05, 0) is 32.9 Å². The molecule has 1 saturated heterocycles. The number of para-hydroxylation sites is 1. The third-order valence-corrected chi connectivity index (χ3v) is 7.46. The van der Waals surface area contributed by atoms with E-state index in [1.807, 2.05) is 5.92 Å². The first-order valence-electron chi connectivity index (χ1n) is 12.1. The lowest BCUT2D eigenvalue weighted by atomic mass is 9.97. The number of imidazole rings is 1. The fraction of sp³-hybridized carbons (Fsp3) is 0.417. The van der Waals surface area contributed by atoms with Crippen LogP contribution in [0.1, 0.15) is 27.0 Å². The molecule has 0 spiro atoms. The molecule has 6 atom stereocenters. The van der Waals surface area contributed by atoms with Crippen LogP contribution in [0.4, 0.5) is 16.2 Å². The van der Waals surface area contributed by atoms with Crippen molar-refractivity contribution in [2.45, 2.75) is 57.0 Å². The molecular weight excluding hydrogens is 548 g/mol. The number of hydrogen-bond donors (Lipinski definition) is 4. The number of esters is 1. The number of anilines is 2. The Balaban J connectivity index is 1.59. The Morgan fingerprint density at radius 2 is 2.02 bits per heavy atom. The highest BCUT2D eigenvalue weighted by atomic mass is 31.2. The standard InChI is InChI=1S/C24H29FN7O7P/c1-5-24(25)18(33)16(38-22(24)32-12-28-17-19(26)29-23(27)30-20(17)32)11-36-40(35,39-15-9-7-6-8-10-15)31-14(4)21(34)37-13(2)3/h1,6-10,12-14,16,18,22,33H,11H2,2-4H3,(H,31,35)(H4,26,27,29,30)/t14-,16+,18+,22+,24+,40-/m0/s1.